The number of fused-ring (bicyclic) bond motifs is 1. The van der Waals surface area contributed by atoms with E-state index < -0.39 is 0 Å². The second-order valence-corrected chi connectivity index (χ2v) is 8.56. The molecule has 160 valence electrons. The summed E-state index contributed by atoms with van der Waals surface area (Å²) in [5.41, 5.74) is 3.35. The van der Waals surface area contributed by atoms with Gasteiger partial charge in [-0.05, 0) is 62.6 Å². The summed E-state index contributed by atoms with van der Waals surface area (Å²) in [6.45, 7) is 5.18. The highest BCUT2D eigenvalue weighted by Crippen LogP contribution is 2.26. The molecule has 0 saturated carbocycles. The van der Waals surface area contributed by atoms with Crippen LogP contribution in [-0.4, -0.2) is 41.4 Å². The van der Waals surface area contributed by atoms with Crippen LogP contribution < -0.4 is 10.6 Å². The summed E-state index contributed by atoms with van der Waals surface area (Å²) in [6.07, 6.45) is 3.01. The monoisotopic (exact) mass is 446 g/mol. The van der Waals surface area contributed by atoms with Crippen molar-refractivity contribution in [1.29, 1.82) is 0 Å². The van der Waals surface area contributed by atoms with E-state index in [1.165, 1.54) is 5.56 Å². The van der Waals surface area contributed by atoms with Crippen molar-refractivity contribution in [3.05, 3.63) is 58.1 Å². The fourth-order valence-electron chi connectivity index (χ4n) is 4.14. The Hall–Kier alpha value is -1.79. The average molecular weight is 447 g/mol. The highest BCUT2D eigenvalue weighted by atomic mass is 35.5. The molecule has 1 aliphatic rings. The lowest BCUT2D eigenvalue weighted by molar-refractivity contribution is 0.140. The van der Waals surface area contributed by atoms with Crippen molar-refractivity contribution in [3.8, 4) is 0 Å². The molecular weight excluding hydrogens is 419 g/mol. The van der Waals surface area contributed by atoms with E-state index in [0.29, 0.717) is 28.7 Å². The van der Waals surface area contributed by atoms with Crippen molar-refractivity contribution in [2.75, 3.05) is 25.1 Å². The lowest BCUT2D eigenvalue weighted by Gasteiger charge is -2.31. The van der Waals surface area contributed by atoms with Gasteiger partial charge in [0.15, 0.2) is 0 Å². The van der Waals surface area contributed by atoms with Crippen LogP contribution in [0.15, 0.2) is 42.5 Å². The van der Waals surface area contributed by atoms with Crippen molar-refractivity contribution in [2.24, 2.45) is 0 Å². The fourth-order valence-corrected chi connectivity index (χ4v) is 4.46. The summed E-state index contributed by atoms with van der Waals surface area (Å²) in [4.78, 5) is 4.86. The number of imidazole rings is 1. The van der Waals surface area contributed by atoms with Gasteiger partial charge in [-0.25, -0.2) is 4.98 Å². The number of halogens is 2. The zero-order chi connectivity index (χ0) is 20.9. The van der Waals surface area contributed by atoms with Crippen LogP contribution in [0.5, 0.6) is 0 Å². The summed E-state index contributed by atoms with van der Waals surface area (Å²) in [5, 5.41) is 8.56. The van der Waals surface area contributed by atoms with Gasteiger partial charge in [0.2, 0.25) is 5.95 Å². The van der Waals surface area contributed by atoms with Gasteiger partial charge in [0.25, 0.3) is 0 Å². The van der Waals surface area contributed by atoms with Crippen molar-refractivity contribution >= 4 is 40.2 Å². The minimum atomic E-state index is 0.363. The highest BCUT2D eigenvalue weighted by Gasteiger charge is 2.23. The summed E-state index contributed by atoms with van der Waals surface area (Å²) in [6, 6.07) is 14.9. The maximum Gasteiger partial charge on any atom is 0.204 e. The van der Waals surface area contributed by atoms with E-state index in [1.807, 2.05) is 25.1 Å². The summed E-state index contributed by atoms with van der Waals surface area (Å²) in [7, 11) is 0. The first-order chi connectivity index (χ1) is 14.6. The predicted molar refractivity (Wildman–Crippen MR) is 125 cm³/mol. The molecule has 2 unspecified atom stereocenters. The molecule has 0 spiro atoms. The van der Waals surface area contributed by atoms with Gasteiger partial charge in [-0.2, -0.15) is 0 Å². The van der Waals surface area contributed by atoms with Crippen LogP contribution in [-0.2, 0) is 17.7 Å². The number of hydrogen-bond donors (Lipinski definition) is 2. The standard InChI is InChI=1S/C23H28Cl2N4O/c1-2-30-12-11-29-22-6-4-3-5-21(22)28-23(29)27-17-9-10-26-18(15-17)13-16-7-8-19(24)20(25)14-16/h3-8,14,17-18,26H,2,9-13,15H2,1H3,(H,27,28). The Morgan fingerprint density at radius 2 is 2.07 bits per heavy atom. The van der Waals surface area contributed by atoms with E-state index in [9.17, 15) is 0 Å². The Labute approximate surface area is 187 Å². The third-order valence-corrected chi connectivity index (χ3v) is 6.35. The molecule has 0 bridgehead atoms. The molecule has 1 aromatic heterocycles. The highest BCUT2D eigenvalue weighted by molar-refractivity contribution is 6.42. The number of piperidine rings is 1. The fraction of sp³-hybridized carbons (Fsp3) is 0.435. The van der Waals surface area contributed by atoms with Crippen molar-refractivity contribution in [2.45, 2.75) is 44.8 Å². The molecule has 4 rings (SSSR count). The van der Waals surface area contributed by atoms with Crippen LogP contribution in [0.2, 0.25) is 10.0 Å². The molecule has 2 heterocycles. The van der Waals surface area contributed by atoms with Crippen molar-refractivity contribution < 1.29 is 4.74 Å². The summed E-state index contributed by atoms with van der Waals surface area (Å²) >= 11 is 12.2. The largest absolute Gasteiger partial charge is 0.380 e. The van der Waals surface area contributed by atoms with Crippen LogP contribution in [0, 0.1) is 0 Å². The van der Waals surface area contributed by atoms with Gasteiger partial charge < -0.3 is 19.9 Å². The second-order valence-electron chi connectivity index (χ2n) is 7.74. The number of para-hydroxylation sites is 2. The third kappa shape index (κ3) is 5.09. The molecule has 2 atom stereocenters. The number of nitrogens with one attached hydrogen (secondary N) is 2. The van der Waals surface area contributed by atoms with Crippen molar-refractivity contribution in [1.82, 2.24) is 14.9 Å². The quantitative estimate of drug-likeness (QED) is 0.469. The van der Waals surface area contributed by atoms with Gasteiger partial charge in [-0.1, -0.05) is 41.4 Å². The Balaban J connectivity index is 1.46. The van der Waals surface area contributed by atoms with Crippen LogP contribution in [0.25, 0.3) is 11.0 Å². The topological polar surface area (TPSA) is 51.1 Å². The van der Waals surface area contributed by atoms with E-state index >= 15 is 0 Å². The Morgan fingerprint density at radius 1 is 1.20 bits per heavy atom. The maximum absolute atomic E-state index is 6.19. The lowest BCUT2D eigenvalue weighted by Crippen LogP contribution is -2.44. The van der Waals surface area contributed by atoms with E-state index in [1.54, 1.807) is 0 Å². The number of hydrogen-bond acceptors (Lipinski definition) is 4. The van der Waals surface area contributed by atoms with Crippen LogP contribution in [0.3, 0.4) is 0 Å². The van der Waals surface area contributed by atoms with Crippen LogP contribution in [0.1, 0.15) is 25.3 Å². The Morgan fingerprint density at radius 3 is 2.90 bits per heavy atom. The molecule has 1 aliphatic heterocycles. The number of ether oxygens (including phenoxy) is 1. The number of aromatic nitrogens is 2. The summed E-state index contributed by atoms with van der Waals surface area (Å²) < 4.78 is 7.83. The van der Waals surface area contributed by atoms with E-state index in [0.717, 1.165) is 55.9 Å². The SMILES string of the molecule is CCOCCn1c(NC2CCNC(Cc3ccc(Cl)c(Cl)c3)C2)nc2ccccc21. The molecule has 2 aromatic carbocycles. The molecule has 3 aromatic rings. The minimum absolute atomic E-state index is 0.363. The van der Waals surface area contributed by atoms with E-state index in [4.69, 9.17) is 32.9 Å². The Bertz CT molecular complexity index is 990. The molecule has 5 nitrogen and oxygen atoms in total. The van der Waals surface area contributed by atoms with Gasteiger partial charge in [0.1, 0.15) is 0 Å². The number of nitrogens with zero attached hydrogens (tertiary/aromatic N) is 2. The van der Waals surface area contributed by atoms with Gasteiger partial charge in [-0.3, -0.25) is 0 Å². The molecule has 0 amide bonds. The van der Waals surface area contributed by atoms with Crippen molar-refractivity contribution in [3.63, 3.8) is 0 Å². The maximum atomic E-state index is 6.19. The van der Waals surface area contributed by atoms with Gasteiger partial charge in [0.05, 0.1) is 27.7 Å². The molecule has 1 saturated heterocycles. The third-order valence-electron chi connectivity index (χ3n) is 5.61. The molecule has 0 aliphatic carbocycles. The molecule has 1 fully saturated rings. The number of benzene rings is 2. The van der Waals surface area contributed by atoms with Crippen LogP contribution >= 0.6 is 23.2 Å². The smallest absolute Gasteiger partial charge is 0.204 e. The second kappa shape index (κ2) is 10.0. The normalized spacial score (nSPS) is 19.3. The van der Waals surface area contributed by atoms with Gasteiger partial charge in [0, 0.05) is 25.2 Å². The van der Waals surface area contributed by atoms with E-state index in [-0.39, 0.29) is 0 Å². The number of anilines is 1. The molecule has 7 heteroatoms. The lowest BCUT2D eigenvalue weighted by atomic mass is 9.94. The molecule has 30 heavy (non-hydrogen) atoms. The molecule has 0 radical (unpaired) electrons. The number of rotatable bonds is 8. The van der Waals surface area contributed by atoms with Gasteiger partial charge >= 0.3 is 0 Å². The summed E-state index contributed by atoms with van der Waals surface area (Å²) in [5.74, 6) is 0.927. The first kappa shape index (κ1) is 21.4. The molecular formula is C23H28Cl2N4O. The first-order valence-corrected chi connectivity index (χ1v) is 11.4. The van der Waals surface area contributed by atoms with E-state index in [2.05, 4.69) is 39.5 Å². The zero-order valence-electron chi connectivity index (χ0n) is 17.2. The molecule has 2 N–H and O–H groups in total. The van der Waals surface area contributed by atoms with Crippen LogP contribution in [0.4, 0.5) is 5.95 Å². The average Bonchev–Trinajstić information content (AvgIpc) is 3.08. The minimum Gasteiger partial charge on any atom is -0.380 e. The zero-order valence-corrected chi connectivity index (χ0v) is 18.7. The predicted octanol–water partition coefficient (Wildman–Crippen LogP) is 5.15. The Kier molecular flexibility index (Phi) is 7.16. The van der Waals surface area contributed by atoms with Gasteiger partial charge in [-0.15, -0.1) is 0 Å². The first-order valence-electron chi connectivity index (χ1n) is 10.6.